The summed E-state index contributed by atoms with van der Waals surface area (Å²) in [5, 5.41) is 5.09. The normalized spacial score (nSPS) is 13.2. The Morgan fingerprint density at radius 3 is 2.64 bits per heavy atom. The molecule has 0 aliphatic carbocycles. The monoisotopic (exact) mass is 276 g/mol. The maximum absolute atomic E-state index is 4.37. The first-order valence-corrected chi connectivity index (χ1v) is 6.70. The van der Waals surface area contributed by atoms with Crippen LogP contribution in [0.15, 0.2) is 4.47 Å². The van der Waals surface area contributed by atoms with Crippen molar-refractivity contribution in [2.24, 2.45) is 7.05 Å². The number of aryl methyl sites for hydroxylation is 2. The summed E-state index contributed by atoms with van der Waals surface area (Å²) in [6, 6.07) is 0. The van der Waals surface area contributed by atoms with Crippen molar-refractivity contribution in [3.8, 4) is 0 Å². The van der Waals surface area contributed by atoms with Crippen LogP contribution in [0.4, 0.5) is 0 Å². The van der Waals surface area contributed by atoms with Crippen LogP contribution < -0.4 is 0 Å². The Bertz CT molecular complexity index is 309. The van der Waals surface area contributed by atoms with Gasteiger partial charge in [0, 0.05) is 18.1 Å². The van der Waals surface area contributed by atoms with Crippen molar-refractivity contribution in [3.05, 3.63) is 15.9 Å². The van der Waals surface area contributed by atoms with Crippen LogP contribution in [0, 0.1) is 6.92 Å². The van der Waals surface area contributed by atoms with Gasteiger partial charge in [-0.1, -0.05) is 13.8 Å². The molecule has 2 nitrogen and oxygen atoms in total. The average molecular weight is 277 g/mol. The number of hydrogen-bond donors (Lipinski definition) is 0. The van der Waals surface area contributed by atoms with E-state index in [1.165, 1.54) is 12.1 Å². The summed E-state index contributed by atoms with van der Waals surface area (Å²) in [5.74, 6) is 1.03. The molecule has 1 heterocycles. The third kappa shape index (κ3) is 2.76. The Balaban J connectivity index is 2.67. The zero-order chi connectivity index (χ0) is 10.7. The fraction of sp³-hybridized carbons (Fsp3) is 0.700. The minimum Gasteiger partial charge on any atom is -0.270 e. The van der Waals surface area contributed by atoms with Crippen LogP contribution in [0.25, 0.3) is 0 Å². The van der Waals surface area contributed by atoms with E-state index in [0.717, 1.165) is 21.2 Å². The second-order valence-corrected chi connectivity index (χ2v) is 5.72. The van der Waals surface area contributed by atoms with Crippen molar-refractivity contribution in [3.63, 3.8) is 0 Å². The van der Waals surface area contributed by atoms with Crippen LogP contribution in [0.1, 0.15) is 31.7 Å². The lowest BCUT2D eigenvalue weighted by molar-refractivity contribution is 0.726. The standard InChI is InChI=1S/C10H17BrN2S/c1-5-7(2)14-6-9-10(11)8(3)12-13(9)4/h7H,5-6H2,1-4H3. The SMILES string of the molecule is CCC(C)SCc1c(Br)c(C)nn1C. The highest BCUT2D eigenvalue weighted by Crippen LogP contribution is 2.26. The topological polar surface area (TPSA) is 17.8 Å². The van der Waals surface area contributed by atoms with E-state index in [9.17, 15) is 0 Å². The molecule has 0 N–H and O–H groups in total. The number of rotatable bonds is 4. The quantitative estimate of drug-likeness (QED) is 0.838. The summed E-state index contributed by atoms with van der Waals surface area (Å²) in [5.41, 5.74) is 2.36. The first-order chi connectivity index (χ1) is 6.56. The van der Waals surface area contributed by atoms with Gasteiger partial charge in [0.05, 0.1) is 15.9 Å². The summed E-state index contributed by atoms with van der Waals surface area (Å²) in [4.78, 5) is 0. The van der Waals surface area contributed by atoms with Gasteiger partial charge in [0.25, 0.3) is 0 Å². The Morgan fingerprint density at radius 1 is 1.57 bits per heavy atom. The number of halogens is 1. The Morgan fingerprint density at radius 2 is 2.21 bits per heavy atom. The molecule has 0 saturated heterocycles. The number of thioether (sulfide) groups is 1. The van der Waals surface area contributed by atoms with E-state index in [0.29, 0.717) is 0 Å². The molecular formula is C10H17BrN2S. The summed E-state index contributed by atoms with van der Waals surface area (Å²) in [6.45, 7) is 6.52. The van der Waals surface area contributed by atoms with Crippen molar-refractivity contribution in [1.29, 1.82) is 0 Å². The highest BCUT2D eigenvalue weighted by atomic mass is 79.9. The number of nitrogens with zero attached hydrogens (tertiary/aromatic N) is 2. The van der Waals surface area contributed by atoms with Crippen LogP contribution in [-0.2, 0) is 12.8 Å². The average Bonchev–Trinajstić information content (AvgIpc) is 2.39. The van der Waals surface area contributed by atoms with Gasteiger partial charge in [-0.05, 0) is 29.3 Å². The molecule has 0 saturated carbocycles. The number of hydrogen-bond acceptors (Lipinski definition) is 2. The molecule has 0 amide bonds. The fourth-order valence-electron chi connectivity index (χ4n) is 1.18. The van der Waals surface area contributed by atoms with Crippen LogP contribution >= 0.6 is 27.7 Å². The lowest BCUT2D eigenvalue weighted by atomic mass is 10.4. The first-order valence-electron chi connectivity index (χ1n) is 4.85. The van der Waals surface area contributed by atoms with E-state index in [1.807, 2.05) is 30.4 Å². The third-order valence-electron chi connectivity index (χ3n) is 2.34. The molecule has 0 aliphatic heterocycles. The van der Waals surface area contributed by atoms with E-state index >= 15 is 0 Å². The molecule has 1 aromatic heterocycles. The molecular weight excluding hydrogens is 260 g/mol. The van der Waals surface area contributed by atoms with Gasteiger partial charge in [-0.15, -0.1) is 0 Å². The van der Waals surface area contributed by atoms with Gasteiger partial charge in [0.2, 0.25) is 0 Å². The Labute approximate surface area is 98.6 Å². The minimum absolute atomic E-state index is 0.720. The van der Waals surface area contributed by atoms with Crippen molar-refractivity contribution >= 4 is 27.7 Å². The molecule has 80 valence electrons. The van der Waals surface area contributed by atoms with Crippen LogP contribution in [-0.4, -0.2) is 15.0 Å². The summed E-state index contributed by atoms with van der Waals surface area (Å²) < 4.78 is 3.13. The number of aromatic nitrogens is 2. The van der Waals surface area contributed by atoms with Gasteiger partial charge in [0.15, 0.2) is 0 Å². The highest BCUT2D eigenvalue weighted by Gasteiger charge is 2.11. The van der Waals surface area contributed by atoms with Crippen LogP contribution in [0.3, 0.4) is 0 Å². The maximum atomic E-state index is 4.37. The van der Waals surface area contributed by atoms with Gasteiger partial charge >= 0.3 is 0 Å². The molecule has 14 heavy (non-hydrogen) atoms. The van der Waals surface area contributed by atoms with Crippen molar-refractivity contribution in [2.45, 2.75) is 38.2 Å². The highest BCUT2D eigenvalue weighted by molar-refractivity contribution is 9.10. The van der Waals surface area contributed by atoms with E-state index in [4.69, 9.17) is 0 Å². The molecule has 0 radical (unpaired) electrons. The first kappa shape index (κ1) is 12.1. The molecule has 1 aromatic rings. The lowest BCUT2D eigenvalue weighted by Crippen LogP contribution is -2.00. The molecule has 1 rings (SSSR count). The zero-order valence-electron chi connectivity index (χ0n) is 9.17. The van der Waals surface area contributed by atoms with Gasteiger partial charge in [0.1, 0.15) is 0 Å². The van der Waals surface area contributed by atoms with Crippen LogP contribution in [0.2, 0.25) is 0 Å². The fourth-order valence-corrected chi connectivity index (χ4v) is 2.85. The van der Waals surface area contributed by atoms with Gasteiger partial charge in [-0.2, -0.15) is 16.9 Å². The predicted octanol–water partition coefficient (Wildman–Crippen LogP) is 3.52. The third-order valence-corrected chi connectivity index (χ3v) is 4.72. The van der Waals surface area contributed by atoms with Crippen molar-refractivity contribution < 1.29 is 0 Å². The second kappa shape index (κ2) is 5.21. The molecule has 1 atom stereocenters. The van der Waals surface area contributed by atoms with Crippen molar-refractivity contribution in [1.82, 2.24) is 9.78 Å². The molecule has 0 aliphatic rings. The molecule has 0 aromatic carbocycles. The zero-order valence-corrected chi connectivity index (χ0v) is 11.6. The summed E-state index contributed by atoms with van der Waals surface area (Å²) in [6.07, 6.45) is 1.22. The molecule has 0 bridgehead atoms. The van der Waals surface area contributed by atoms with E-state index in [-0.39, 0.29) is 0 Å². The van der Waals surface area contributed by atoms with Gasteiger partial charge < -0.3 is 0 Å². The van der Waals surface area contributed by atoms with Crippen molar-refractivity contribution in [2.75, 3.05) is 0 Å². The lowest BCUT2D eigenvalue weighted by Gasteiger charge is -2.08. The van der Waals surface area contributed by atoms with E-state index < -0.39 is 0 Å². The smallest absolute Gasteiger partial charge is 0.0738 e. The second-order valence-electron chi connectivity index (χ2n) is 3.50. The maximum Gasteiger partial charge on any atom is 0.0738 e. The van der Waals surface area contributed by atoms with Crippen LogP contribution in [0.5, 0.6) is 0 Å². The Kier molecular flexibility index (Phi) is 4.51. The van der Waals surface area contributed by atoms with E-state index in [2.05, 4.69) is 34.9 Å². The van der Waals surface area contributed by atoms with E-state index in [1.54, 1.807) is 0 Å². The Hall–Kier alpha value is 0.0400. The minimum atomic E-state index is 0.720. The largest absolute Gasteiger partial charge is 0.270 e. The summed E-state index contributed by atoms with van der Waals surface area (Å²) in [7, 11) is 2.00. The van der Waals surface area contributed by atoms with Gasteiger partial charge in [-0.25, -0.2) is 0 Å². The molecule has 0 fully saturated rings. The van der Waals surface area contributed by atoms with Gasteiger partial charge in [-0.3, -0.25) is 4.68 Å². The molecule has 0 spiro atoms. The predicted molar refractivity (Wildman–Crippen MR) is 66.7 cm³/mol. The molecule has 1 unspecified atom stereocenters. The summed E-state index contributed by atoms with van der Waals surface area (Å²) >= 11 is 5.56. The molecule has 4 heteroatoms.